The minimum atomic E-state index is 0.0542. The van der Waals surface area contributed by atoms with E-state index in [1.165, 1.54) is 13.4 Å². The Balaban J connectivity index is 1.70. The number of hydrogen-bond acceptors (Lipinski definition) is 7. The number of benzene rings is 2. The highest BCUT2D eigenvalue weighted by Crippen LogP contribution is 2.32. The van der Waals surface area contributed by atoms with Crippen LogP contribution in [0.2, 0.25) is 0 Å². The number of rotatable bonds is 5. The van der Waals surface area contributed by atoms with E-state index in [1.54, 1.807) is 31.5 Å². The molecule has 0 saturated heterocycles. The molecule has 0 bridgehead atoms. The van der Waals surface area contributed by atoms with Crippen molar-refractivity contribution in [3.63, 3.8) is 0 Å². The summed E-state index contributed by atoms with van der Waals surface area (Å²) in [5.74, 6) is 1.81. The van der Waals surface area contributed by atoms with Gasteiger partial charge in [0.2, 0.25) is 0 Å². The van der Waals surface area contributed by atoms with Crippen molar-refractivity contribution in [1.29, 1.82) is 0 Å². The zero-order valence-electron chi connectivity index (χ0n) is 15.7. The Labute approximate surface area is 161 Å². The van der Waals surface area contributed by atoms with Gasteiger partial charge >= 0.3 is 0 Å². The molecular formula is C20H19N5O3. The highest BCUT2D eigenvalue weighted by atomic mass is 16.5. The van der Waals surface area contributed by atoms with Crippen molar-refractivity contribution in [1.82, 2.24) is 14.5 Å². The number of hydrazone groups is 1. The van der Waals surface area contributed by atoms with Gasteiger partial charge in [-0.3, -0.25) is 5.43 Å². The maximum Gasteiger partial charge on any atom is 0.174 e. The Hall–Kier alpha value is -3.81. The van der Waals surface area contributed by atoms with Gasteiger partial charge < -0.3 is 19.1 Å². The lowest BCUT2D eigenvalue weighted by Gasteiger charge is -2.05. The van der Waals surface area contributed by atoms with Gasteiger partial charge in [0.15, 0.2) is 17.3 Å². The van der Waals surface area contributed by atoms with Crippen LogP contribution in [-0.4, -0.2) is 40.1 Å². The van der Waals surface area contributed by atoms with Gasteiger partial charge in [-0.25, -0.2) is 9.97 Å². The van der Waals surface area contributed by atoms with Gasteiger partial charge in [0.1, 0.15) is 23.1 Å². The number of fused-ring (bicyclic) bond motifs is 3. The fourth-order valence-corrected chi connectivity index (χ4v) is 3.18. The number of aromatic nitrogens is 3. The maximum absolute atomic E-state index is 9.87. The fraction of sp³-hybridized carbons (Fsp3) is 0.150. The summed E-state index contributed by atoms with van der Waals surface area (Å²) in [5.41, 5.74) is 6.35. The molecule has 2 heterocycles. The lowest BCUT2D eigenvalue weighted by atomic mass is 10.2. The Kier molecular flexibility index (Phi) is 4.44. The number of phenols is 1. The normalized spacial score (nSPS) is 11.4. The molecule has 8 heteroatoms. The summed E-state index contributed by atoms with van der Waals surface area (Å²) < 4.78 is 12.4. The quantitative estimate of drug-likeness (QED) is 0.409. The number of aromatic hydroxyl groups is 1. The topological polar surface area (TPSA) is 93.8 Å². The van der Waals surface area contributed by atoms with Gasteiger partial charge in [-0.1, -0.05) is 0 Å². The van der Waals surface area contributed by atoms with E-state index in [1.807, 2.05) is 29.8 Å². The smallest absolute Gasteiger partial charge is 0.174 e. The summed E-state index contributed by atoms with van der Waals surface area (Å²) >= 11 is 0. The average Bonchev–Trinajstić information content (AvgIpc) is 3.01. The van der Waals surface area contributed by atoms with E-state index in [0.29, 0.717) is 11.6 Å². The van der Waals surface area contributed by atoms with Gasteiger partial charge in [0.25, 0.3) is 0 Å². The lowest BCUT2D eigenvalue weighted by molar-refractivity contribution is 0.373. The second-order valence-corrected chi connectivity index (χ2v) is 6.16. The third kappa shape index (κ3) is 2.94. The van der Waals surface area contributed by atoms with E-state index in [9.17, 15) is 5.11 Å². The summed E-state index contributed by atoms with van der Waals surface area (Å²) in [7, 11) is 5.10. The van der Waals surface area contributed by atoms with E-state index in [4.69, 9.17) is 9.47 Å². The largest absolute Gasteiger partial charge is 0.504 e. The van der Waals surface area contributed by atoms with Crippen molar-refractivity contribution >= 4 is 34.0 Å². The predicted octanol–water partition coefficient (Wildman–Crippen LogP) is 3.29. The van der Waals surface area contributed by atoms with Crippen LogP contribution in [0.1, 0.15) is 5.56 Å². The molecule has 0 unspecified atom stereocenters. The van der Waals surface area contributed by atoms with Gasteiger partial charge in [0.05, 0.1) is 26.0 Å². The molecule has 0 aliphatic rings. The van der Waals surface area contributed by atoms with Crippen molar-refractivity contribution < 1.29 is 14.6 Å². The number of hydrogen-bond donors (Lipinski definition) is 2. The van der Waals surface area contributed by atoms with Crippen molar-refractivity contribution in [3.8, 4) is 17.2 Å². The molecule has 0 amide bonds. The highest BCUT2D eigenvalue weighted by molar-refractivity contribution is 6.09. The third-order valence-corrected chi connectivity index (χ3v) is 4.56. The average molecular weight is 377 g/mol. The molecule has 2 aromatic carbocycles. The standard InChI is InChI=1S/C20H19N5O3/c1-25-15-6-5-13(27-2)9-14(15)18-19(25)20(22-11-21-18)24-23-10-12-4-7-17(28-3)16(26)8-12/h4-11,26H,1-3H3,(H,21,22,24). The van der Waals surface area contributed by atoms with E-state index < -0.39 is 0 Å². The van der Waals surface area contributed by atoms with Gasteiger partial charge in [-0.05, 0) is 42.0 Å². The molecule has 8 nitrogen and oxygen atoms in total. The number of ether oxygens (including phenoxy) is 2. The molecule has 2 aromatic heterocycles. The first kappa shape index (κ1) is 17.6. The molecule has 0 aliphatic heterocycles. The molecular weight excluding hydrogens is 358 g/mol. The molecule has 28 heavy (non-hydrogen) atoms. The minimum Gasteiger partial charge on any atom is -0.504 e. The van der Waals surface area contributed by atoms with Crippen LogP contribution in [0.4, 0.5) is 5.82 Å². The molecule has 0 radical (unpaired) electrons. The molecule has 0 aliphatic carbocycles. The highest BCUT2D eigenvalue weighted by Gasteiger charge is 2.14. The SMILES string of the molecule is COc1ccc2c(c1)c1ncnc(NN=Cc3ccc(OC)c(O)c3)c1n2C. The maximum atomic E-state index is 9.87. The second kappa shape index (κ2) is 7.07. The van der Waals surface area contributed by atoms with E-state index in [-0.39, 0.29) is 5.75 Å². The Morgan fingerprint density at radius 2 is 1.96 bits per heavy atom. The van der Waals surface area contributed by atoms with Gasteiger partial charge in [0, 0.05) is 12.4 Å². The summed E-state index contributed by atoms with van der Waals surface area (Å²) in [6.45, 7) is 0. The Morgan fingerprint density at radius 3 is 2.71 bits per heavy atom. The number of methoxy groups -OCH3 is 2. The Bertz CT molecular complexity index is 1200. The first-order valence-electron chi connectivity index (χ1n) is 8.55. The molecule has 0 atom stereocenters. The number of aryl methyl sites for hydroxylation is 1. The first-order valence-corrected chi connectivity index (χ1v) is 8.55. The molecule has 142 valence electrons. The number of phenolic OH excluding ortho intramolecular Hbond substituents is 1. The monoisotopic (exact) mass is 377 g/mol. The van der Waals surface area contributed by atoms with Gasteiger partial charge in [-0.15, -0.1) is 0 Å². The zero-order valence-corrected chi connectivity index (χ0v) is 15.7. The Morgan fingerprint density at radius 1 is 1.11 bits per heavy atom. The number of nitrogens with one attached hydrogen (secondary N) is 1. The van der Waals surface area contributed by atoms with Crippen molar-refractivity contribution in [2.45, 2.75) is 0 Å². The van der Waals surface area contributed by atoms with Crippen LogP contribution < -0.4 is 14.9 Å². The third-order valence-electron chi connectivity index (χ3n) is 4.56. The lowest BCUT2D eigenvalue weighted by Crippen LogP contribution is -1.98. The van der Waals surface area contributed by atoms with Crippen LogP contribution >= 0.6 is 0 Å². The van der Waals surface area contributed by atoms with Crippen LogP contribution in [-0.2, 0) is 7.05 Å². The summed E-state index contributed by atoms with van der Waals surface area (Å²) in [6, 6.07) is 10.9. The first-order chi connectivity index (χ1) is 13.6. The van der Waals surface area contributed by atoms with E-state index >= 15 is 0 Å². The van der Waals surface area contributed by atoms with Gasteiger partial charge in [-0.2, -0.15) is 5.10 Å². The summed E-state index contributed by atoms with van der Waals surface area (Å²) in [4.78, 5) is 8.76. The van der Waals surface area contributed by atoms with Crippen LogP contribution in [0.25, 0.3) is 21.9 Å². The van der Waals surface area contributed by atoms with Crippen molar-refractivity contribution in [3.05, 3.63) is 48.3 Å². The molecule has 2 N–H and O–H groups in total. The molecule has 0 saturated carbocycles. The van der Waals surface area contributed by atoms with Crippen LogP contribution in [0, 0.1) is 0 Å². The van der Waals surface area contributed by atoms with E-state index in [2.05, 4.69) is 20.5 Å². The minimum absolute atomic E-state index is 0.0542. The van der Waals surface area contributed by atoms with Crippen molar-refractivity contribution in [2.24, 2.45) is 12.1 Å². The predicted molar refractivity (Wildman–Crippen MR) is 108 cm³/mol. The number of anilines is 1. The zero-order chi connectivity index (χ0) is 19.7. The van der Waals surface area contributed by atoms with Crippen molar-refractivity contribution in [2.75, 3.05) is 19.6 Å². The van der Waals surface area contributed by atoms with Crippen LogP contribution in [0.15, 0.2) is 47.8 Å². The molecule has 4 aromatic rings. The van der Waals surface area contributed by atoms with Crippen LogP contribution in [0.3, 0.4) is 0 Å². The number of nitrogens with zero attached hydrogens (tertiary/aromatic N) is 4. The molecule has 0 spiro atoms. The molecule has 0 fully saturated rings. The van der Waals surface area contributed by atoms with E-state index in [0.717, 1.165) is 33.2 Å². The van der Waals surface area contributed by atoms with Crippen LogP contribution in [0.5, 0.6) is 17.2 Å². The summed E-state index contributed by atoms with van der Waals surface area (Å²) in [5, 5.41) is 15.1. The second-order valence-electron chi connectivity index (χ2n) is 6.16. The molecule has 4 rings (SSSR count). The summed E-state index contributed by atoms with van der Waals surface area (Å²) in [6.07, 6.45) is 3.09. The fourth-order valence-electron chi connectivity index (χ4n) is 3.18.